The van der Waals surface area contributed by atoms with Crippen molar-refractivity contribution in [2.75, 3.05) is 49.5 Å². The molecule has 9 heteroatoms. The summed E-state index contributed by atoms with van der Waals surface area (Å²) in [6.07, 6.45) is 0. The van der Waals surface area contributed by atoms with Crippen LogP contribution in [-0.4, -0.2) is 70.1 Å². The molecule has 0 aliphatic carbocycles. The first-order valence-electron chi connectivity index (χ1n) is 9.92. The number of nitrogens with one attached hydrogen (secondary N) is 1. The number of hydrogen-bond acceptors (Lipinski definition) is 7. The Morgan fingerprint density at radius 2 is 1.77 bits per heavy atom. The third-order valence-corrected chi connectivity index (χ3v) is 5.85. The standard InChI is InChI=1S/C21H28N6O2S/c1-14-5-4-6-15(2)20(14)25-18(28)12-26-7-9-27(10-8-26)19(29)13-30-21-23-16(3)11-17(22)24-21/h4-6,11H,7-10,12-13H2,1-3H3,(H,25,28)(H2,22,23,24). The number of para-hydroxylation sites is 1. The van der Waals surface area contributed by atoms with Crippen LogP contribution in [0.4, 0.5) is 11.5 Å². The number of anilines is 2. The molecular formula is C21H28N6O2S. The number of aryl methyl sites for hydroxylation is 3. The molecule has 30 heavy (non-hydrogen) atoms. The van der Waals surface area contributed by atoms with E-state index >= 15 is 0 Å². The van der Waals surface area contributed by atoms with E-state index in [9.17, 15) is 9.59 Å². The van der Waals surface area contributed by atoms with Gasteiger partial charge in [0.2, 0.25) is 11.8 Å². The quantitative estimate of drug-likeness (QED) is 0.534. The zero-order valence-electron chi connectivity index (χ0n) is 17.6. The van der Waals surface area contributed by atoms with E-state index in [0.29, 0.717) is 43.7 Å². The summed E-state index contributed by atoms with van der Waals surface area (Å²) in [6.45, 7) is 8.69. The number of piperazine rings is 1. The molecule has 2 amide bonds. The van der Waals surface area contributed by atoms with Crippen LogP contribution in [0.25, 0.3) is 0 Å². The monoisotopic (exact) mass is 428 g/mol. The molecule has 3 N–H and O–H groups in total. The Hall–Kier alpha value is -2.65. The average Bonchev–Trinajstić information content (AvgIpc) is 2.69. The molecule has 1 saturated heterocycles. The summed E-state index contributed by atoms with van der Waals surface area (Å²) in [4.78, 5) is 37.3. The fourth-order valence-corrected chi connectivity index (χ4v) is 4.21. The van der Waals surface area contributed by atoms with Gasteiger partial charge in [-0.05, 0) is 31.9 Å². The minimum Gasteiger partial charge on any atom is -0.384 e. The molecule has 0 atom stereocenters. The van der Waals surface area contributed by atoms with E-state index in [1.54, 1.807) is 6.07 Å². The first-order chi connectivity index (χ1) is 14.3. The van der Waals surface area contributed by atoms with E-state index in [4.69, 9.17) is 5.73 Å². The van der Waals surface area contributed by atoms with Crippen LogP contribution >= 0.6 is 11.8 Å². The Morgan fingerprint density at radius 3 is 2.40 bits per heavy atom. The highest BCUT2D eigenvalue weighted by molar-refractivity contribution is 7.99. The average molecular weight is 429 g/mol. The lowest BCUT2D eigenvalue weighted by atomic mass is 10.1. The maximum absolute atomic E-state index is 12.5. The van der Waals surface area contributed by atoms with Crippen molar-refractivity contribution in [1.82, 2.24) is 19.8 Å². The van der Waals surface area contributed by atoms with Crippen LogP contribution in [0.15, 0.2) is 29.4 Å². The normalized spacial score (nSPS) is 14.6. The van der Waals surface area contributed by atoms with Crippen LogP contribution in [0.3, 0.4) is 0 Å². The molecular weight excluding hydrogens is 400 g/mol. The van der Waals surface area contributed by atoms with Crippen LogP contribution in [0.1, 0.15) is 16.8 Å². The van der Waals surface area contributed by atoms with Crippen LogP contribution in [0.2, 0.25) is 0 Å². The number of carbonyl (C=O) groups is 2. The smallest absolute Gasteiger partial charge is 0.238 e. The molecule has 1 aliphatic heterocycles. The van der Waals surface area contributed by atoms with Crippen LogP contribution < -0.4 is 11.1 Å². The van der Waals surface area contributed by atoms with E-state index in [1.165, 1.54) is 11.8 Å². The summed E-state index contributed by atoms with van der Waals surface area (Å²) >= 11 is 1.29. The molecule has 1 aromatic carbocycles. The molecule has 160 valence electrons. The maximum atomic E-state index is 12.5. The highest BCUT2D eigenvalue weighted by Gasteiger charge is 2.23. The maximum Gasteiger partial charge on any atom is 0.238 e. The fraction of sp³-hybridized carbons (Fsp3) is 0.429. The predicted molar refractivity (Wildman–Crippen MR) is 119 cm³/mol. The SMILES string of the molecule is Cc1cc(N)nc(SCC(=O)N2CCN(CC(=O)Nc3c(C)cccc3C)CC2)n1. The van der Waals surface area contributed by atoms with Gasteiger partial charge in [-0.3, -0.25) is 14.5 Å². The number of nitrogen functional groups attached to an aromatic ring is 1. The molecule has 1 aliphatic rings. The van der Waals surface area contributed by atoms with Gasteiger partial charge in [0.15, 0.2) is 5.16 Å². The molecule has 1 aromatic heterocycles. The molecule has 2 heterocycles. The van der Waals surface area contributed by atoms with Crippen molar-refractivity contribution < 1.29 is 9.59 Å². The highest BCUT2D eigenvalue weighted by Crippen LogP contribution is 2.19. The molecule has 1 fully saturated rings. The molecule has 3 rings (SSSR count). The molecule has 0 unspecified atom stereocenters. The summed E-state index contributed by atoms with van der Waals surface area (Å²) in [7, 11) is 0. The fourth-order valence-electron chi connectivity index (χ4n) is 3.40. The van der Waals surface area contributed by atoms with Gasteiger partial charge in [0.1, 0.15) is 5.82 Å². The van der Waals surface area contributed by atoms with Gasteiger partial charge in [-0.2, -0.15) is 0 Å². The van der Waals surface area contributed by atoms with Crippen molar-refractivity contribution in [3.05, 3.63) is 41.1 Å². The Kier molecular flexibility index (Phi) is 7.28. The van der Waals surface area contributed by atoms with Gasteiger partial charge < -0.3 is 16.0 Å². The lowest BCUT2D eigenvalue weighted by molar-refractivity contribution is -0.130. The van der Waals surface area contributed by atoms with Crippen molar-refractivity contribution in [2.24, 2.45) is 0 Å². The lowest BCUT2D eigenvalue weighted by Crippen LogP contribution is -2.50. The number of nitrogens with zero attached hydrogens (tertiary/aromatic N) is 4. The highest BCUT2D eigenvalue weighted by atomic mass is 32.2. The minimum absolute atomic E-state index is 0.0306. The molecule has 0 spiro atoms. The predicted octanol–water partition coefficient (Wildman–Crippen LogP) is 1.86. The third kappa shape index (κ3) is 5.93. The van der Waals surface area contributed by atoms with E-state index in [0.717, 1.165) is 22.5 Å². The number of benzene rings is 1. The molecule has 2 aromatic rings. The number of amides is 2. The first-order valence-corrected chi connectivity index (χ1v) is 10.9. The van der Waals surface area contributed by atoms with Crippen molar-refractivity contribution in [3.8, 4) is 0 Å². The van der Waals surface area contributed by atoms with Gasteiger partial charge in [0.05, 0.1) is 12.3 Å². The number of thioether (sulfide) groups is 1. The van der Waals surface area contributed by atoms with Gasteiger partial charge >= 0.3 is 0 Å². The van der Waals surface area contributed by atoms with E-state index < -0.39 is 0 Å². The second-order valence-corrected chi connectivity index (χ2v) is 8.42. The summed E-state index contributed by atoms with van der Waals surface area (Å²) in [6, 6.07) is 7.65. The van der Waals surface area contributed by atoms with Crippen molar-refractivity contribution in [2.45, 2.75) is 25.9 Å². The second kappa shape index (κ2) is 9.90. The van der Waals surface area contributed by atoms with E-state index in [1.807, 2.05) is 43.9 Å². The zero-order valence-corrected chi connectivity index (χ0v) is 18.5. The first kappa shape index (κ1) is 22.0. The second-order valence-electron chi connectivity index (χ2n) is 7.48. The lowest BCUT2D eigenvalue weighted by Gasteiger charge is -2.34. The van der Waals surface area contributed by atoms with E-state index in [-0.39, 0.29) is 17.6 Å². The summed E-state index contributed by atoms with van der Waals surface area (Å²) < 4.78 is 0. The summed E-state index contributed by atoms with van der Waals surface area (Å²) in [5.41, 5.74) is 9.50. The molecule has 0 saturated carbocycles. The Labute approximate surface area is 181 Å². The summed E-state index contributed by atoms with van der Waals surface area (Å²) in [5.74, 6) is 0.695. The van der Waals surface area contributed by atoms with Gasteiger partial charge in [-0.15, -0.1) is 0 Å². The number of aromatic nitrogens is 2. The van der Waals surface area contributed by atoms with Crippen LogP contribution in [-0.2, 0) is 9.59 Å². The summed E-state index contributed by atoms with van der Waals surface area (Å²) in [5, 5.41) is 3.54. The van der Waals surface area contributed by atoms with E-state index in [2.05, 4.69) is 20.2 Å². The number of nitrogens with two attached hydrogens (primary N) is 1. The van der Waals surface area contributed by atoms with Gasteiger partial charge in [-0.25, -0.2) is 9.97 Å². The van der Waals surface area contributed by atoms with Gasteiger partial charge in [0.25, 0.3) is 0 Å². The van der Waals surface area contributed by atoms with Crippen LogP contribution in [0, 0.1) is 20.8 Å². The van der Waals surface area contributed by atoms with Crippen molar-refractivity contribution in [3.63, 3.8) is 0 Å². The van der Waals surface area contributed by atoms with Gasteiger partial charge in [0, 0.05) is 43.6 Å². The Bertz CT molecular complexity index is 887. The Morgan fingerprint density at radius 1 is 1.10 bits per heavy atom. The number of carbonyl (C=O) groups excluding carboxylic acids is 2. The van der Waals surface area contributed by atoms with Crippen LogP contribution in [0.5, 0.6) is 0 Å². The van der Waals surface area contributed by atoms with Crippen molar-refractivity contribution in [1.29, 1.82) is 0 Å². The zero-order chi connectivity index (χ0) is 21.7. The largest absolute Gasteiger partial charge is 0.384 e. The Balaban J connectivity index is 1.44. The number of hydrogen-bond donors (Lipinski definition) is 2. The molecule has 0 radical (unpaired) electrons. The molecule has 8 nitrogen and oxygen atoms in total. The third-order valence-electron chi connectivity index (χ3n) is 5.02. The van der Waals surface area contributed by atoms with Gasteiger partial charge in [-0.1, -0.05) is 30.0 Å². The number of rotatable bonds is 6. The minimum atomic E-state index is -0.0306. The topological polar surface area (TPSA) is 104 Å². The van der Waals surface area contributed by atoms with Crippen molar-refractivity contribution >= 4 is 35.1 Å². The molecule has 0 bridgehead atoms.